The summed E-state index contributed by atoms with van der Waals surface area (Å²) in [6.07, 6.45) is 0. The molecular formula is C19H20N2O4S. The number of carbonyl (C=O) groups excluding carboxylic acids is 1. The van der Waals surface area contributed by atoms with Crippen LogP contribution < -0.4 is 14.3 Å². The number of thiazole rings is 1. The molecule has 0 saturated heterocycles. The van der Waals surface area contributed by atoms with Crippen LogP contribution in [0.5, 0.6) is 11.5 Å². The Bertz CT molecular complexity index is 961. The highest BCUT2D eigenvalue weighted by atomic mass is 32.1. The second kappa shape index (κ2) is 8.64. The van der Waals surface area contributed by atoms with E-state index in [0.29, 0.717) is 29.5 Å². The molecule has 2 aromatic carbocycles. The van der Waals surface area contributed by atoms with Crippen LogP contribution in [0.4, 0.5) is 0 Å². The van der Waals surface area contributed by atoms with Gasteiger partial charge in [-0.1, -0.05) is 29.5 Å². The monoisotopic (exact) mass is 372 g/mol. The highest BCUT2D eigenvalue weighted by molar-refractivity contribution is 7.16. The number of fused-ring (bicyclic) bond motifs is 1. The van der Waals surface area contributed by atoms with E-state index in [0.717, 1.165) is 10.2 Å². The van der Waals surface area contributed by atoms with Crippen molar-refractivity contribution in [1.29, 1.82) is 0 Å². The number of carbonyl (C=O) groups is 1. The van der Waals surface area contributed by atoms with Crippen molar-refractivity contribution in [3.05, 3.63) is 53.3 Å². The fourth-order valence-electron chi connectivity index (χ4n) is 2.48. The molecule has 1 aromatic heterocycles. The zero-order valence-electron chi connectivity index (χ0n) is 14.7. The van der Waals surface area contributed by atoms with E-state index in [4.69, 9.17) is 14.2 Å². The van der Waals surface area contributed by atoms with Crippen LogP contribution in [0.2, 0.25) is 0 Å². The molecule has 0 unspecified atom stereocenters. The fourth-order valence-corrected chi connectivity index (χ4v) is 3.55. The Morgan fingerprint density at radius 1 is 1.12 bits per heavy atom. The van der Waals surface area contributed by atoms with Crippen LogP contribution >= 0.6 is 11.3 Å². The Morgan fingerprint density at radius 3 is 2.73 bits per heavy atom. The van der Waals surface area contributed by atoms with Crippen molar-refractivity contribution < 1.29 is 19.0 Å². The third-order valence-corrected chi connectivity index (χ3v) is 4.79. The molecule has 0 N–H and O–H groups in total. The number of methoxy groups -OCH3 is 2. The number of ether oxygens (including phenoxy) is 3. The lowest BCUT2D eigenvalue weighted by atomic mass is 10.3. The minimum Gasteiger partial charge on any atom is -0.497 e. The van der Waals surface area contributed by atoms with Crippen molar-refractivity contribution >= 4 is 27.5 Å². The number of rotatable bonds is 7. The van der Waals surface area contributed by atoms with Crippen LogP contribution in [0.15, 0.2) is 53.5 Å². The summed E-state index contributed by atoms with van der Waals surface area (Å²) in [5, 5.41) is 0. The van der Waals surface area contributed by atoms with Crippen LogP contribution in [0.3, 0.4) is 0 Å². The number of hydrogen-bond acceptors (Lipinski definition) is 5. The molecule has 3 rings (SSSR count). The summed E-state index contributed by atoms with van der Waals surface area (Å²) in [7, 11) is 3.24. The van der Waals surface area contributed by atoms with Crippen LogP contribution in [0.1, 0.15) is 0 Å². The van der Waals surface area contributed by atoms with Gasteiger partial charge >= 0.3 is 0 Å². The highest BCUT2D eigenvalue weighted by Gasteiger charge is 2.08. The van der Waals surface area contributed by atoms with Gasteiger partial charge in [-0.05, 0) is 24.3 Å². The minimum atomic E-state index is -0.342. The second-order valence-corrected chi connectivity index (χ2v) is 6.48. The second-order valence-electron chi connectivity index (χ2n) is 5.47. The molecule has 0 saturated carbocycles. The molecule has 1 heterocycles. The van der Waals surface area contributed by atoms with Gasteiger partial charge in [0.15, 0.2) is 11.4 Å². The van der Waals surface area contributed by atoms with E-state index < -0.39 is 0 Å². The van der Waals surface area contributed by atoms with E-state index in [1.807, 2.05) is 34.9 Å². The van der Waals surface area contributed by atoms with Crippen LogP contribution in [0.25, 0.3) is 10.2 Å². The van der Waals surface area contributed by atoms with Crippen LogP contribution in [-0.4, -0.2) is 37.9 Å². The Labute approximate surface area is 155 Å². The van der Waals surface area contributed by atoms with E-state index in [1.165, 1.54) is 11.3 Å². The van der Waals surface area contributed by atoms with Crippen molar-refractivity contribution in [1.82, 2.24) is 4.57 Å². The van der Waals surface area contributed by atoms with Gasteiger partial charge in [0.05, 0.1) is 23.9 Å². The Balaban J connectivity index is 1.80. The topological polar surface area (TPSA) is 62.1 Å². The van der Waals surface area contributed by atoms with Gasteiger partial charge in [-0.15, -0.1) is 0 Å². The third kappa shape index (κ3) is 4.30. The maximum absolute atomic E-state index is 12.3. The Kier molecular flexibility index (Phi) is 6.04. The van der Waals surface area contributed by atoms with Crippen molar-refractivity contribution in [2.75, 3.05) is 27.4 Å². The summed E-state index contributed by atoms with van der Waals surface area (Å²) < 4.78 is 18.9. The van der Waals surface area contributed by atoms with Crippen LogP contribution in [0, 0.1) is 0 Å². The SMILES string of the molecule is COCCn1c(=NC(=O)COc2cccc(OC)c2)sc2ccccc21. The minimum absolute atomic E-state index is 0.133. The van der Waals surface area contributed by atoms with Crippen LogP contribution in [-0.2, 0) is 16.1 Å². The lowest BCUT2D eigenvalue weighted by Crippen LogP contribution is -2.21. The normalized spacial score (nSPS) is 11.7. The Hall–Kier alpha value is -2.64. The molecule has 0 bridgehead atoms. The zero-order valence-corrected chi connectivity index (χ0v) is 15.5. The molecule has 1 amide bonds. The maximum atomic E-state index is 12.3. The van der Waals surface area contributed by atoms with E-state index in [1.54, 1.807) is 32.4 Å². The summed E-state index contributed by atoms with van der Waals surface area (Å²) in [4.78, 5) is 17.2. The van der Waals surface area contributed by atoms with Gasteiger partial charge in [-0.25, -0.2) is 0 Å². The van der Waals surface area contributed by atoms with E-state index in [-0.39, 0.29) is 12.5 Å². The van der Waals surface area contributed by atoms with Gasteiger partial charge in [0.1, 0.15) is 11.5 Å². The molecule has 136 valence electrons. The molecule has 0 fully saturated rings. The average molecular weight is 372 g/mol. The molecule has 7 heteroatoms. The maximum Gasteiger partial charge on any atom is 0.286 e. The molecule has 3 aromatic rings. The molecule has 0 aliphatic heterocycles. The van der Waals surface area contributed by atoms with Gasteiger partial charge in [0, 0.05) is 19.7 Å². The lowest BCUT2D eigenvalue weighted by Gasteiger charge is -2.06. The largest absolute Gasteiger partial charge is 0.497 e. The molecule has 26 heavy (non-hydrogen) atoms. The molecule has 0 radical (unpaired) electrons. The quantitative estimate of drug-likeness (QED) is 0.640. The average Bonchev–Trinajstić information content (AvgIpc) is 3.01. The first-order valence-corrected chi connectivity index (χ1v) is 8.94. The third-order valence-electron chi connectivity index (χ3n) is 3.73. The summed E-state index contributed by atoms with van der Waals surface area (Å²) in [5.41, 5.74) is 1.04. The van der Waals surface area contributed by atoms with Gasteiger partial charge in [0.2, 0.25) is 0 Å². The molecular weight excluding hydrogens is 352 g/mol. The van der Waals surface area contributed by atoms with Crippen molar-refractivity contribution in [3.8, 4) is 11.5 Å². The number of hydrogen-bond donors (Lipinski definition) is 0. The van der Waals surface area contributed by atoms with E-state index >= 15 is 0 Å². The zero-order chi connectivity index (χ0) is 18.4. The van der Waals surface area contributed by atoms with Gasteiger partial charge < -0.3 is 18.8 Å². The number of aromatic nitrogens is 1. The predicted octanol–water partition coefficient (Wildman–Crippen LogP) is 2.86. The first-order valence-electron chi connectivity index (χ1n) is 8.13. The van der Waals surface area contributed by atoms with Gasteiger partial charge in [-0.2, -0.15) is 4.99 Å². The summed E-state index contributed by atoms with van der Waals surface area (Å²) in [5.74, 6) is 0.899. The summed E-state index contributed by atoms with van der Waals surface area (Å²) >= 11 is 1.47. The van der Waals surface area contributed by atoms with E-state index in [2.05, 4.69) is 4.99 Å². The highest BCUT2D eigenvalue weighted by Crippen LogP contribution is 2.19. The fraction of sp³-hybridized carbons (Fsp3) is 0.263. The first kappa shape index (κ1) is 18.2. The van der Waals surface area contributed by atoms with Crippen molar-refractivity contribution in [2.45, 2.75) is 6.54 Å². The molecule has 0 aliphatic rings. The number of para-hydroxylation sites is 1. The number of amides is 1. The van der Waals surface area contributed by atoms with E-state index in [9.17, 15) is 4.79 Å². The Morgan fingerprint density at radius 2 is 1.92 bits per heavy atom. The number of nitrogens with zero attached hydrogens (tertiary/aromatic N) is 2. The standard InChI is InChI=1S/C19H20N2O4S/c1-23-11-10-21-16-8-3-4-9-17(16)26-19(21)20-18(22)13-25-15-7-5-6-14(12-15)24-2/h3-9,12H,10-11,13H2,1-2H3. The summed E-state index contributed by atoms with van der Waals surface area (Å²) in [6, 6.07) is 15.1. The smallest absolute Gasteiger partial charge is 0.286 e. The van der Waals surface area contributed by atoms with Gasteiger partial charge in [-0.3, -0.25) is 4.79 Å². The first-order chi connectivity index (χ1) is 12.7. The molecule has 6 nitrogen and oxygen atoms in total. The van der Waals surface area contributed by atoms with Crippen molar-refractivity contribution in [2.24, 2.45) is 4.99 Å². The van der Waals surface area contributed by atoms with Gasteiger partial charge in [0.25, 0.3) is 5.91 Å². The summed E-state index contributed by atoms with van der Waals surface area (Å²) in [6.45, 7) is 1.04. The molecule has 0 aliphatic carbocycles. The molecule has 0 spiro atoms. The van der Waals surface area contributed by atoms with Crippen molar-refractivity contribution in [3.63, 3.8) is 0 Å². The molecule has 0 atom stereocenters. The number of benzene rings is 2. The lowest BCUT2D eigenvalue weighted by molar-refractivity contribution is -0.120. The predicted molar refractivity (Wildman–Crippen MR) is 101 cm³/mol.